The minimum atomic E-state index is -4.22. The Kier molecular flexibility index (Phi) is 5.26. The van der Waals surface area contributed by atoms with E-state index in [2.05, 4.69) is 4.36 Å². The second-order valence-electron chi connectivity index (χ2n) is 6.52. The fraction of sp³-hybridized carbons (Fsp3) is 0.333. The minimum Gasteiger partial charge on any atom is -0.461 e. The summed E-state index contributed by atoms with van der Waals surface area (Å²) in [6.07, 6.45) is -2.71. The topological polar surface area (TPSA) is 110 Å². The molecular formula is C18H14F4N3O3S+. The highest BCUT2D eigenvalue weighted by atomic mass is 32.3. The molecule has 1 aromatic carbocycles. The highest BCUT2D eigenvalue weighted by Gasteiger charge is 2.60. The zero-order chi connectivity index (χ0) is 21.6. The van der Waals surface area contributed by atoms with Gasteiger partial charge in [-0.2, -0.15) is 19.3 Å². The van der Waals surface area contributed by atoms with Crippen LogP contribution in [0.1, 0.15) is 29.8 Å². The van der Waals surface area contributed by atoms with Gasteiger partial charge in [0, 0.05) is 16.3 Å². The molecule has 2 N–H and O–H groups in total. The van der Waals surface area contributed by atoms with E-state index in [4.69, 9.17) is 15.3 Å². The summed E-state index contributed by atoms with van der Waals surface area (Å²) in [6, 6.07) is 3.90. The Morgan fingerprint density at radius 2 is 1.97 bits per heavy atom. The maximum absolute atomic E-state index is 14.6. The monoisotopic (exact) mass is 428 g/mol. The Hall–Kier alpha value is -2.73. The van der Waals surface area contributed by atoms with Gasteiger partial charge in [0.05, 0.1) is 17.2 Å². The van der Waals surface area contributed by atoms with E-state index in [1.54, 1.807) is 6.07 Å². The third kappa shape index (κ3) is 3.53. The lowest BCUT2D eigenvalue weighted by molar-refractivity contribution is -0.143. The number of ether oxygens (including phenoxy) is 1. The lowest BCUT2D eigenvalue weighted by atomic mass is 10.0. The van der Waals surface area contributed by atoms with Gasteiger partial charge in [-0.15, -0.1) is 0 Å². The molecule has 0 fully saturated rings. The first-order valence-corrected chi connectivity index (χ1v) is 10.1. The summed E-state index contributed by atoms with van der Waals surface area (Å²) >= 11 is 0. The highest BCUT2D eigenvalue weighted by molar-refractivity contribution is 7.99. The van der Waals surface area contributed by atoms with Gasteiger partial charge < -0.3 is 9.84 Å². The van der Waals surface area contributed by atoms with E-state index in [-0.39, 0.29) is 22.6 Å². The zero-order valence-corrected chi connectivity index (χ0v) is 15.6. The number of aliphatic hydroxyl groups is 1. The number of fused-ring (bicyclic) bond motifs is 1. The van der Waals surface area contributed by atoms with Gasteiger partial charge in [0.1, 0.15) is 34.0 Å². The first kappa shape index (κ1) is 21.0. The van der Waals surface area contributed by atoms with E-state index < -0.39 is 51.4 Å². The van der Waals surface area contributed by atoms with Gasteiger partial charge in [-0.1, -0.05) is 0 Å². The molecule has 0 heterocycles. The summed E-state index contributed by atoms with van der Waals surface area (Å²) in [6.45, 7) is 0. The summed E-state index contributed by atoms with van der Waals surface area (Å²) in [4.78, 5) is -0.313. The Labute approximate surface area is 164 Å². The van der Waals surface area contributed by atoms with Crippen LogP contribution in [0.2, 0.25) is 0 Å². The molecule has 2 aliphatic rings. The molecule has 0 saturated heterocycles. The number of halogens is 4. The molecule has 1 aromatic rings. The third-order valence-corrected chi connectivity index (χ3v) is 6.14. The van der Waals surface area contributed by atoms with Gasteiger partial charge in [-0.25, -0.2) is 13.3 Å². The summed E-state index contributed by atoms with van der Waals surface area (Å²) in [5.41, 5.74) is -1.39. The van der Waals surface area contributed by atoms with Crippen LogP contribution in [0, 0.1) is 22.8 Å². The lowest BCUT2D eigenvalue weighted by Crippen LogP contribution is -2.25. The Balaban J connectivity index is 2.17. The standard InChI is InChI=1S/C18H14F4N3O3S/c1-29(27,25-8-24)13-3-2-12(14-15(13)17(26)18(21,22)16(14)20)28-11-5-9(7-23)4-10(19)6-11/h2-5,10,16-17,26H,6H2,1H3,(H,25,27)/q+1/t10?,16-,17-,29?/m1/s1. The van der Waals surface area contributed by atoms with Crippen molar-refractivity contribution in [3.8, 4) is 18.0 Å². The van der Waals surface area contributed by atoms with Crippen molar-refractivity contribution >= 4 is 10.1 Å². The first-order valence-electron chi connectivity index (χ1n) is 8.16. The van der Waals surface area contributed by atoms with Gasteiger partial charge in [0.15, 0.2) is 17.2 Å². The molecule has 2 aliphatic carbocycles. The quantitative estimate of drug-likeness (QED) is 0.428. The Morgan fingerprint density at radius 3 is 2.59 bits per heavy atom. The molecule has 0 aromatic heterocycles. The van der Waals surface area contributed by atoms with E-state index in [1.807, 2.05) is 0 Å². The summed E-state index contributed by atoms with van der Waals surface area (Å²) in [5.74, 6) is -4.73. The largest absolute Gasteiger partial charge is 0.461 e. The molecule has 0 radical (unpaired) electrons. The normalized spacial score (nSPS) is 26.9. The van der Waals surface area contributed by atoms with E-state index in [0.717, 1.165) is 24.5 Å². The van der Waals surface area contributed by atoms with E-state index in [1.165, 1.54) is 12.3 Å². The van der Waals surface area contributed by atoms with Crippen molar-refractivity contribution in [3.63, 3.8) is 0 Å². The maximum Gasteiger partial charge on any atom is 0.312 e. The summed E-state index contributed by atoms with van der Waals surface area (Å²) in [5, 5.41) is 27.7. The number of allylic oxidation sites excluding steroid dienone is 4. The van der Waals surface area contributed by atoms with Crippen molar-refractivity contribution in [2.45, 2.75) is 35.7 Å². The lowest BCUT2D eigenvalue weighted by Gasteiger charge is -2.18. The smallest absolute Gasteiger partial charge is 0.312 e. The molecule has 6 nitrogen and oxygen atoms in total. The van der Waals surface area contributed by atoms with E-state index in [9.17, 15) is 27.2 Å². The van der Waals surface area contributed by atoms with Gasteiger partial charge in [-0.3, -0.25) is 0 Å². The van der Waals surface area contributed by atoms with Crippen LogP contribution in [0.4, 0.5) is 17.6 Å². The van der Waals surface area contributed by atoms with Crippen LogP contribution in [0.3, 0.4) is 0 Å². The molecule has 152 valence electrons. The number of hydrogen-bond acceptors (Lipinski definition) is 5. The first-order chi connectivity index (χ1) is 13.5. The molecule has 3 rings (SSSR count). The van der Waals surface area contributed by atoms with Gasteiger partial charge in [0.25, 0.3) is 6.19 Å². The van der Waals surface area contributed by atoms with Crippen molar-refractivity contribution < 1.29 is 32.0 Å². The predicted molar refractivity (Wildman–Crippen MR) is 94.3 cm³/mol. The maximum atomic E-state index is 14.6. The molecule has 0 amide bonds. The molecule has 4 atom stereocenters. The molecule has 0 bridgehead atoms. The van der Waals surface area contributed by atoms with Crippen LogP contribution in [0.15, 0.2) is 44.9 Å². The number of aliphatic hydroxyl groups excluding tert-OH is 1. The van der Waals surface area contributed by atoms with Crippen molar-refractivity contribution in [1.82, 2.24) is 0 Å². The zero-order valence-electron chi connectivity index (χ0n) is 14.8. The van der Waals surface area contributed by atoms with Crippen molar-refractivity contribution in [2.75, 3.05) is 6.26 Å². The van der Waals surface area contributed by atoms with Gasteiger partial charge >= 0.3 is 5.92 Å². The average Bonchev–Trinajstić information content (AvgIpc) is 2.82. The fourth-order valence-corrected chi connectivity index (χ4v) is 4.45. The Bertz CT molecular complexity index is 1070. The van der Waals surface area contributed by atoms with Crippen molar-refractivity contribution in [2.24, 2.45) is 4.36 Å². The fourth-order valence-electron chi connectivity index (χ4n) is 3.23. The number of nitrogens with zero attached hydrogens (tertiary/aromatic N) is 3. The second-order valence-corrected chi connectivity index (χ2v) is 8.81. The Morgan fingerprint density at radius 1 is 1.28 bits per heavy atom. The number of hydrogen-bond donors (Lipinski definition) is 2. The summed E-state index contributed by atoms with van der Waals surface area (Å²) < 4.78 is 76.0. The van der Waals surface area contributed by atoms with Gasteiger partial charge in [-0.05, 0) is 24.3 Å². The molecule has 29 heavy (non-hydrogen) atoms. The van der Waals surface area contributed by atoms with Crippen LogP contribution in [-0.4, -0.2) is 28.0 Å². The molecule has 2 unspecified atom stereocenters. The number of nitriles is 2. The molecule has 11 heteroatoms. The van der Waals surface area contributed by atoms with E-state index in [0.29, 0.717) is 0 Å². The van der Waals surface area contributed by atoms with Crippen LogP contribution in [0.5, 0.6) is 5.75 Å². The molecule has 0 aliphatic heterocycles. The molecule has 0 saturated carbocycles. The van der Waals surface area contributed by atoms with Crippen molar-refractivity contribution in [3.05, 3.63) is 46.7 Å². The summed E-state index contributed by atoms with van der Waals surface area (Å²) in [7, 11) is -3.29. The average molecular weight is 428 g/mol. The second kappa shape index (κ2) is 7.26. The van der Waals surface area contributed by atoms with Gasteiger partial charge in [0.2, 0.25) is 0 Å². The van der Waals surface area contributed by atoms with Crippen LogP contribution < -0.4 is 4.74 Å². The third-order valence-electron chi connectivity index (χ3n) is 4.51. The SMILES string of the molecule is C[S+](O)(=NC#N)c1ccc(OC2=CC(C#N)=CC(F)C2)c2c1[C@@H](O)C(F)(F)[C@@H]2F. The van der Waals surface area contributed by atoms with Crippen LogP contribution in [0.25, 0.3) is 0 Å². The highest BCUT2D eigenvalue weighted by Crippen LogP contribution is 2.57. The molecular weight excluding hydrogens is 414 g/mol. The van der Waals surface area contributed by atoms with E-state index >= 15 is 0 Å². The van der Waals surface area contributed by atoms with Crippen LogP contribution in [-0.2, 0) is 10.1 Å². The predicted octanol–water partition coefficient (Wildman–Crippen LogP) is 4.11. The number of alkyl halides is 4. The minimum absolute atomic E-state index is 0.0469. The van der Waals surface area contributed by atoms with Crippen LogP contribution >= 0.6 is 0 Å². The number of benzene rings is 1. The number of rotatable bonds is 3. The van der Waals surface area contributed by atoms with Crippen molar-refractivity contribution in [1.29, 1.82) is 10.5 Å². The molecule has 0 spiro atoms.